The van der Waals surface area contributed by atoms with Crippen LogP contribution in [0.1, 0.15) is 30.0 Å². The maximum atomic E-state index is 6.36. The van der Waals surface area contributed by atoms with E-state index in [1.165, 1.54) is 0 Å². The van der Waals surface area contributed by atoms with Gasteiger partial charge < -0.3 is 10.5 Å². The number of nitrogens with two attached hydrogens (primary N) is 1. The molecule has 4 heteroatoms. The highest BCUT2D eigenvalue weighted by atomic mass is 16.5. The molecule has 0 amide bonds. The van der Waals surface area contributed by atoms with Crippen LogP contribution in [0.25, 0.3) is 0 Å². The van der Waals surface area contributed by atoms with E-state index in [9.17, 15) is 0 Å². The summed E-state index contributed by atoms with van der Waals surface area (Å²) >= 11 is 0. The molecule has 4 nitrogen and oxygen atoms in total. The predicted molar refractivity (Wildman–Crippen MR) is 80.5 cm³/mol. The molecule has 1 heterocycles. The van der Waals surface area contributed by atoms with Crippen molar-refractivity contribution in [3.05, 3.63) is 53.3 Å². The van der Waals surface area contributed by atoms with Gasteiger partial charge >= 0.3 is 0 Å². The first-order valence-electron chi connectivity index (χ1n) is 7.02. The smallest absolute Gasteiger partial charge is 0.0975 e. The molecule has 0 saturated carbocycles. The number of hydrogen-bond donors (Lipinski definition) is 1. The molecule has 0 aliphatic heterocycles. The molecule has 20 heavy (non-hydrogen) atoms. The monoisotopic (exact) mass is 273 g/mol. The van der Waals surface area contributed by atoms with Crippen LogP contribution in [-0.4, -0.2) is 22.9 Å². The summed E-state index contributed by atoms with van der Waals surface area (Å²) in [7, 11) is 1.71. The van der Waals surface area contributed by atoms with E-state index in [-0.39, 0.29) is 12.1 Å². The van der Waals surface area contributed by atoms with Gasteiger partial charge in [-0.1, -0.05) is 30.3 Å². The predicted octanol–water partition coefficient (Wildman–Crippen LogP) is 2.47. The number of methoxy groups -OCH3 is 1. The maximum Gasteiger partial charge on any atom is 0.0975 e. The number of benzene rings is 1. The van der Waals surface area contributed by atoms with Crippen LogP contribution in [-0.2, 0) is 17.7 Å². The molecule has 1 aromatic carbocycles. The third-order valence-corrected chi connectivity index (χ3v) is 3.50. The number of hydrogen-bond acceptors (Lipinski definition) is 3. The summed E-state index contributed by atoms with van der Waals surface area (Å²) in [5, 5.41) is 4.46. The molecule has 0 fully saturated rings. The Bertz CT molecular complexity index is 536. The second kappa shape index (κ2) is 6.68. The topological polar surface area (TPSA) is 53.1 Å². The number of ether oxygens (including phenoxy) is 1. The van der Waals surface area contributed by atoms with Crippen LogP contribution in [0.15, 0.2) is 36.4 Å². The fourth-order valence-electron chi connectivity index (χ4n) is 2.59. The number of aromatic nitrogens is 2. The zero-order valence-corrected chi connectivity index (χ0v) is 12.4. The van der Waals surface area contributed by atoms with Gasteiger partial charge in [-0.25, -0.2) is 0 Å². The highest BCUT2D eigenvalue weighted by molar-refractivity contribution is 5.20. The summed E-state index contributed by atoms with van der Waals surface area (Å²) in [5.74, 6) is 0. The van der Waals surface area contributed by atoms with Crippen molar-refractivity contribution in [1.29, 1.82) is 0 Å². The first-order chi connectivity index (χ1) is 9.65. The highest BCUT2D eigenvalue weighted by Crippen LogP contribution is 2.22. The lowest BCUT2D eigenvalue weighted by atomic mass is 9.99. The second-order valence-electron chi connectivity index (χ2n) is 5.03. The Labute approximate surface area is 120 Å². The summed E-state index contributed by atoms with van der Waals surface area (Å²) in [6.45, 7) is 4.96. The maximum absolute atomic E-state index is 6.36. The molecule has 0 saturated heterocycles. The molecule has 0 bridgehead atoms. The quantitative estimate of drug-likeness (QED) is 0.879. The summed E-state index contributed by atoms with van der Waals surface area (Å²) in [6.07, 6.45) is 0.652. The zero-order chi connectivity index (χ0) is 14.5. The van der Waals surface area contributed by atoms with Gasteiger partial charge in [0, 0.05) is 31.8 Å². The number of rotatable bonds is 6. The van der Waals surface area contributed by atoms with Gasteiger partial charge in [0.1, 0.15) is 0 Å². The molecule has 0 aliphatic carbocycles. The third kappa shape index (κ3) is 3.26. The summed E-state index contributed by atoms with van der Waals surface area (Å²) in [6, 6.07) is 12.1. The molecule has 0 aliphatic rings. The van der Waals surface area contributed by atoms with E-state index in [0.717, 1.165) is 29.9 Å². The van der Waals surface area contributed by atoms with Crippen LogP contribution in [0.3, 0.4) is 0 Å². The van der Waals surface area contributed by atoms with Crippen LogP contribution in [0, 0.1) is 6.92 Å². The molecule has 2 N–H and O–H groups in total. The van der Waals surface area contributed by atoms with Gasteiger partial charge in [0.25, 0.3) is 0 Å². The van der Waals surface area contributed by atoms with Gasteiger partial charge in [-0.3, -0.25) is 4.68 Å². The molecule has 2 atom stereocenters. The second-order valence-corrected chi connectivity index (χ2v) is 5.03. The Hall–Kier alpha value is -1.65. The Morgan fingerprint density at radius 2 is 2.00 bits per heavy atom. The fraction of sp³-hybridized carbons (Fsp3) is 0.438. The molecule has 2 unspecified atom stereocenters. The molecular formula is C16H23N3O. The zero-order valence-electron chi connectivity index (χ0n) is 12.4. The van der Waals surface area contributed by atoms with Crippen molar-refractivity contribution in [3.63, 3.8) is 0 Å². The van der Waals surface area contributed by atoms with Gasteiger partial charge in [-0.15, -0.1) is 0 Å². The SMILES string of the molecule is CCn1nc(C)cc1CC(N)C(OC)c1ccccc1. The van der Waals surface area contributed by atoms with Crippen LogP contribution in [0.5, 0.6) is 0 Å². The van der Waals surface area contributed by atoms with E-state index in [2.05, 4.69) is 30.2 Å². The van der Waals surface area contributed by atoms with Crippen molar-refractivity contribution in [3.8, 4) is 0 Å². The van der Waals surface area contributed by atoms with Gasteiger partial charge in [0.15, 0.2) is 0 Å². The lowest BCUT2D eigenvalue weighted by Crippen LogP contribution is -2.32. The van der Waals surface area contributed by atoms with Gasteiger partial charge in [-0.05, 0) is 25.5 Å². The Morgan fingerprint density at radius 1 is 1.30 bits per heavy atom. The Kier molecular flexibility index (Phi) is 4.93. The number of aryl methyl sites for hydroxylation is 2. The minimum Gasteiger partial charge on any atom is -0.375 e. The summed E-state index contributed by atoms with van der Waals surface area (Å²) < 4.78 is 7.60. The molecule has 1 aromatic heterocycles. The Morgan fingerprint density at radius 3 is 2.60 bits per heavy atom. The van der Waals surface area contributed by atoms with Crippen LogP contribution >= 0.6 is 0 Å². The average Bonchev–Trinajstić information content (AvgIpc) is 2.80. The molecular weight excluding hydrogens is 250 g/mol. The van der Waals surface area contributed by atoms with Crippen molar-refractivity contribution < 1.29 is 4.74 Å². The first-order valence-corrected chi connectivity index (χ1v) is 7.02. The minimum absolute atomic E-state index is 0.0937. The molecule has 108 valence electrons. The van der Waals surface area contributed by atoms with Crippen molar-refractivity contribution in [1.82, 2.24) is 9.78 Å². The standard InChI is InChI=1S/C16H23N3O/c1-4-19-14(10-12(2)18-19)11-15(17)16(20-3)13-8-6-5-7-9-13/h5-10,15-16H,4,11,17H2,1-3H3. The van der Waals surface area contributed by atoms with Gasteiger partial charge in [0.2, 0.25) is 0 Å². The van der Waals surface area contributed by atoms with E-state index in [1.807, 2.05) is 29.8 Å². The highest BCUT2D eigenvalue weighted by Gasteiger charge is 2.21. The lowest BCUT2D eigenvalue weighted by molar-refractivity contribution is 0.0796. The molecule has 0 radical (unpaired) electrons. The fourth-order valence-corrected chi connectivity index (χ4v) is 2.59. The minimum atomic E-state index is -0.100. The normalized spacial score (nSPS) is 14.2. The molecule has 0 spiro atoms. The van der Waals surface area contributed by atoms with Crippen molar-refractivity contribution >= 4 is 0 Å². The lowest BCUT2D eigenvalue weighted by Gasteiger charge is -2.23. The van der Waals surface area contributed by atoms with Gasteiger partial charge in [0.05, 0.1) is 11.8 Å². The summed E-state index contributed by atoms with van der Waals surface area (Å²) in [4.78, 5) is 0. The molecule has 2 rings (SSSR count). The largest absolute Gasteiger partial charge is 0.375 e. The van der Waals surface area contributed by atoms with E-state index in [0.29, 0.717) is 0 Å². The van der Waals surface area contributed by atoms with E-state index in [4.69, 9.17) is 10.5 Å². The van der Waals surface area contributed by atoms with Gasteiger partial charge in [-0.2, -0.15) is 5.10 Å². The first kappa shape index (κ1) is 14.8. The van der Waals surface area contributed by atoms with Crippen molar-refractivity contribution in [2.45, 2.75) is 39.0 Å². The van der Waals surface area contributed by atoms with Crippen molar-refractivity contribution in [2.24, 2.45) is 5.73 Å². The van der Waals surface area contributed by atoms with Crippen LogP contribution < -0.4 is 5.73 Å². The molecule has 2 aromatic rings. The Balaban J connectivity index is 2.15. The van der Waals surface area contributed by atoms with E-state index in [1.54, 1.807) is 7.11 Å². The van der Waals surface area contributed by atoms with E-state index >= 15 is 0 Å². The van der Waals surface area contributed by atoms with Crippen molar-refractivity contribution in [2.75, 3.05) is 7.11 Å². The van der Waals surface area contributed by atoms with E-state index < -0.39 is 0 Å². The third-order valence-electron chi connectivity index (χ3n) is 3.50. The van der Waals surface area contributed by atoms with Crippen LogP contribution in [0.2, 0.25) is 0 Å². The average molecular weight is 273 g/mol. The summed E-state index contributed by atoms with van der Waals surface area (Å²) in [5.41, 5.74) is 9.66. The van der Waals surface area contributed by atoms with Crippen LogP contribution in [0.4, 0.5) is 0 Å². The number of nitrogens with zero attached hydrogens (tertiary/aromatic N) is 2.